The Morgan fingerprint density at radius 3 is 3.00 bits per heavy atom. The quantitative estimate of drug-likeness (QED) is 0.616. The standard InChI is InChI=1S/C13H27NO2/c1-3-14-12(2)7-4-5-9-15-11-13-8-6-10-16-13/h12-14H,3-11H2,1-2H3. The number of unbranched alkanes of at least 4 members (excludes halogenated alkanes) is 1. The summed E-state index contributed by atoms with van der Waals surface area (Å²) in [7, 11) is 0. The molecule has 0 aromatic rings. The lowest BCUT2D eigenvalue weighted by atomic mass is 10.1. The van der Waals surface area contributed by atoms with E-state index in [2.05, 4.69) is 19.2 Å². The van der Waals surface area contributed by atoms with Crippen molar-refractivity contribution in [3.05, 3.63) is 0 Å². The lowest BCUT2D eigenvalue weighted by Gasteiger charge is -2.12. The molecule has 1 heterocycles. The number of hydrogen-bond donors (Lipinski definition) is 1. The summed E-state index contributed by atoms with van der Waals surface area (Å²) in [5.74, 6) is 0. The first-order valence-electron chi connectivity index (χ1n) is 6.75. The van der Waals surface area contributed by atoms with Crippen molar-refractivity contribution in [1.29, 1.82) is 0 Å². The molecule has 1 N–H and O–H groups in total. The Morgan fingerprint density at radius 1 is 1.44 bits per heavy atom. The normalized spacial score (nSPS) is 22.5. The average Bonchev–Trinajstić information content (AvgIpc) is 2.76. The Kier molecular flexibility index (Phi) is 7.81. The molecule has 0 amide bonds. The van der Waals surface area contributed by atoms with Gasteiger partial charge in [0.05, 0.1) is 12.7 Å². The van der Waals surface area contributed by atoms with E-state index in [1.165, 1.54) is 32.1 Å². The highest BCUT2D eigenvalue weighted by molar-refractivity contribution is 4.63. The number of rotatable bonds is 9. The van der Waals surface area contributed by atoms with E-state index in [1.807, 2.05) is 0 Å². The first-order valence-corrected chi connectivity index (χ1v) is 6.75. The van der Waals surface area contributed by atoms with Gasteiger partial charge in [0.1, 0.15) is 0 Å². The van der Waals surface area contributed by atoms with Gasteiger partial charge in [-0.15, -0.1) is 0 Å². The average molecular weight is 229 g/mol. The van der Waals surface area contributed by atoms with Crippen molar-refractivity contribution in [3.8, 4) is 0 Å². The van der Waals surface area contributed by atoms with Crippen LogP contribution in [0.1, 0.15) is 46.0 Å². The van der Waals surface area contributed by atoms with Crippen molar-refractivity contribution >= 4 is 0 Å². The molecule has 2 unspecified atom stereocenters. The van der Waals surface area contributed by atoms with Crippen molar-refractivity contribution < 1.29 is 9.47 Å². The summed E-state index contributed by atoms with van der Waals surface area (Å²) in [4.78, 5) is 0. The molecule has 2 atom stereocenters. The zero-order valence-corrected chi connectivity index (χ0v) is 10.8. The largest absolute Gasteiger partial charge is 0.379 e. The summed E-state index contributed by atoms with van der Waals surface area (Å²) in [5.41, 5.74) is 0. The van der Waals surface area contributed by atoms with Crippen LogP contribution in [0.2, 0.25) is 0 Å². The summed E-state index contributed by atoms with van der Waals surface area (Å²) in [6.07, 6.45) is 6.42. The Bertz CT molecular complexity index is 158. The zero-order valence-electron chi connectivity index (χ0n) is 10.8. The minimum absolute atomic E-state index is 0.376. The Hall–Kier alpha value is -0.120. The van der Waals surface area contributed by atoms with Crippen LogP contribution in [0.4, 0.5) is 0 Å². The molecule has 3 heteroatoms. The van der Waals surface area contributed by atoms with Gasteiger partial charge in [-0.1, -0.05) is 6.92 Å². The van der Waals surface area contributed by atoms with Crippen LogP contribution in [0.25, 0.3) is 0 Å². The fraction of sp³-hybridized carbons (Fsp3) is 1.00. The van der Waals surface area contributed by atoms with E-state index in [9.17, 15) is 0 Å². The third-order valence-corrected chi connectivity index (χ3v) is 3.06. The van der Waals surface area contributed by atoms with Gasteiger partial charge in [0.25, 0.3) is 0 Å². The summed E-state index contributed by atoms with van der Waals surface area (Å²) in [6, 6.07) is 0.642. The summed E-state index contributed by atoms with van der Waals surface area (Å²) in [6.45, 7) is 8.07. The predicted octanol–water partition coefficient (Wildman–Crippen LogP) is 2.35. The Labute approximate surface area is 99.9 Å². The molecule has 0 spiro atoms. The molecule has 0 aromatic heterocycles. The molecule has 1 fully saturated rings. The maximum Gasteiger partial charge on any atom is 0.0809 e. The van der Waals surface area contributed by atoms with Crippen LogP contribution in [-0.2, 0) is 9.47 Å². The third kappa shape index (κ3) is 6.46. The summed E-state index contributed by atoms with van der Waals surface area (Å²) < 4.78 is 11.1. The molecule has 0 saturated carbocycles. The molecule has 0 radical (unpaired) electrons. The van der Waals surface area contributed by atoms with Crippen LogP contribution < -0.4 is 5.32 Å². The first-order chi connectivity index (χ1) is 7.83. The SMILES string of the molecule is CCNC(C)CCCCOCC1CCCO1. The maximum absolute atomic E-state index is 5.61. The van der Waals surface area contributed by atoms with Gasteiger partial charge in [0.15, 0.2) is 0 Å². The fourth-order valence-corrected chi connectivity index (χ4v) is 2.10. The topological polar surface area (TPSA) is 30.5 Å². The molecular formula is C13H27NO2. The molecule has 96 valence electrons. The number of hydrogen-bond acceptors (Lipinski definition) is 3. The van der Waals surface area contributed by atoms with Crippen molar-refractivity contribution in [3.63, 3.8) is 0 Å². The summed E-state index contributed by atoms with van der Waals surface area (Å²) in [5, 5.41) is 3.42. The van der Waals surface area contributed by atoms with Crippen LogP contribution in [0.15, 0.2) is 0 Å². The monoisotopic (exact) mass is 229 g/mol. The van der Waals surface area contributed by atoms with Gasteiger partial charge in [-0.2, -0.15) is 0 Å². The lowest BCUT2D eigenvalue weighted by Crippen LogP contribution is -2.25. The number of ether oxygens (including phenoxy) is 2. The Balaban J connectivity index is 1.80. The molecule has 0 aliphatic carbocycles. The van der Waals surface area contributed by atoms with Crippen LogP contribution in [0, 0.1) is 0 Å². The minimum atomic E-state index is 0.376. The molecule has 0 aromatic carbocycles. The molecule has 16 heavy (non-hydrogen) atoms. The molecule has 1 rings (SSSR count). The van der Waals surface area contributed by atoms with Gasteiger partial charge < -0.3 is 14.8 Å². The van der Waals surface area contributed by atoms with E-state index >= 15 is 0 Å². The molecule has 3 nitrogen and oxygen atoms in total. The minimum Gasteiger partial charge on any atom is -0.379 e. The molecule has 1 aliphatic heterocycles. The van der Waals surface area contributed by atoms with Gasteiger partial charge in [-0.3, -0.25) is 0 Å². The van der Waals surface area contributed by atoms with Crippen LogP contribution >= 0.6 is 0 Å². The second kappa shape index (κ2) is 8.97. The molecule has 1 saturated heterocycles. The second-order valence-electron chi connectivity index (χ2n) is 4.66. The Morgan fingerprint density at radius 2 is 2.31 bits per heavy atom. The van der Waals surface area contributed by atoms with Gasteiger partial charge in [-0.25, -0.2) is 0 Å². The highest BCUT2D eigenvalue weighted by atomic mass is 16.5. The third-order valence-electron chi connectivity index (χ3n) is 3.06. The highest BCUT2D eigenvalue weighted by Gasteiger charge is 2.14. The van der Waals surface area contributed by atoms with E-state index in [1.54, 1.807) is 0 Å². The zero-order chi connectivity index (χ0) is 11.6. The van der Waals surface area contributed by atoms with Crippen LogP contribution in [-0.4, -0.2) is 38.5 Å². The van der Waals surface area contributed by atoms with Crippen molar-refractivity contribution in [2.75, 3.05) is 26.4 Å². The van der Waals surface area contributed by atoms with Crippen LogP contribution in [0.5, 0.6) is 0 Å². The van der Waals surface area contributed by atoms with E-state index in [4.69, 9.17) is 9.47 Å². The molecule has 0 bridgehead atoms. The summed E-state index contributed by atoms with van der Waals surface area (Å²) >= 11 is 0. The van der Waals surface area contributed by atoms with Crippen LogP contribution in [0.3, 0.4) is 0 Å². The van der Waals surface area contributed by atoms with Crippen molar-refractivity contribution in [2.45, 2.75) is 58.1 Å². The van der Waals surface area contributed by atoms with Gasteiger partial charge in [0.2, 0.25) is 0 Å². The second-order valence-corrected chi connectivity index (χ2v) is 4.66. The van der Waals surface area contributed by atoms with E-state index in [0.29, 0.717) is 12.1 Å². The molecule has 1 aliphatic rings. The van der Waals surface area contributed by atoms with E-state index < -0.39 is 0 Å². The van der Waals surface area contributed by atoms with Gasteiger partial charge >= 0.3 is 0 Å². The van der Waals surface area contributed by atoms with E-state index in [-0.39, 0.29) is 0 Å². The van der Waals surface area contributed by atoms with Gasteiger partial charge in [-0.05, 0) is 45.6 Å². The van der Waals surface area contributed by atoms with Gasteiger partial charge in [0, 0.05) is 19.3 Å². The van der Waals surface area contributed by atoms with E-state index in [0.717, 1.165) is 26.4 Å². The van der Waals surface area contributed by atoms with Crippen molar-refractivity contribution in [1.82, 2.24) is 5.32 Å². The maximum atomic E-state index is 5.61. The predicted molar refractivity (Wildman–Crippen MR) is 66.8 cm³/mol. The van der Waals surface area contributed by atoms with Crippen molar-refractivity contribution in [2.24, 2.45) is 0 Å². The fourth-order valence-electron chi connectivity index (χ4n) is 2.10. The highest BCUT2D eigenvalue weighted by Crippen LogP contribution is 2.12. The first kappa shape index (κ1) is 13.9. The number of nitrogens with one attached hydrogen (secondary N) is 1. The lowest BCUT2D eigenvalue weighted by molar-refractivity contribution is 0.0160. The molecular weight excluding hydrogens is 202 g/mol. The smallest absolute Gasteiger partial charge is 0.0809 e.